The van der Waals surface area contributed by atoms with E-state index in [0.717, 1.165) is 25.2 Å². The number of rotatable bonds is 8. The van der Waals surface area contributed by atoms with Crippen LogP contribution < -0.4 is 5.32 Å². The van der Waals surface area contributed by atoms with Crippen molar-refractivity contribution in [1.82, 2.24) is 15.1 Å². The summed E-state index contributed by atoms with van der Waals surface area (Å²) in [7, 11) is 0. The van der Waals surface area contributed by atoms with Crippen LogP contribution in [0.15, 0.2) is 48.5 Å². The van der Waals surface area contributed by atoms with Gasteiger partial charge in [0.15, 0.2) is 6.61 Å². The highest BCUT2D eigenvalue weighted by Gasteiger charge is 2.42. The Morgan fingerprint density at radius 3 is 2.37 bits per heavy atom. The zero-order chi connectivity index (χ0) is 24.9. The summed E-state index contributed by atoms with van der Waals surface area (Å²) in [6, 6.07) is 13.8. The Hall–Kier alpha value is -2.97. The first-order valence-electron chi connectivity index (χ1n) is 11.7. The Bertz CT molecular complexity index is 1050. The van der Waals surface area contributed by atoms with Gasteiger partial charge in [-0.3, -0.25) is 14.4 Å². The Balaban J connectivity index is 1.32. The second kappa shape index (κ2) is 11.2. The lowest BCUT2D eigenvalue weighted by Gasteiger charge is -2.25. The average molecular weight is 502 g/mol. The molecule has 2 aromatic rings. The first kappa shape index (κ1) is 25.1. The van der Waals surface area contributed by atoms with Crippen molar-refractivity contribution in [1.29, 1.82) is 0 Å². The van der Waals surface area contributed by atoms with Crippen molar-refractivity contribution < 1.29 is 23.5 Å². The fourth-order valence-corrected chi connectivity index (χ4v) is 5.27. The van der Waals surface area contributed by atoms with Crippen LogP contribution in [0, 0.1) is 17.7 Å². The number of hydrogen-bond acceptors (Lipinski definition) is 5. The molecule has 2 aliphatic heterocycles. The van der Waals surface area contributed by atoms with Crippen molar-refractivity contribution in [3.05, 3.63) is 70.5 Å². The molecule has 2 fully saturated rings. The molecule has 0 saturated carbocycles. The smallest absolute Gasteiger partial charge is 0.303 e. The van der Waals surface area contributed by atoms with Gasteiger partial charge in [-0.15, -0.1) is 0 Å². The largest absolute Gasteiger partial charge is 0.456 e. The van der Waals surface area contributed by atoms with Crippen LogP contribution in [-0.4, -0.2) is 66.9 Å². The number of hydrogen-bond donors (Lipinski definition) is 1. The molecule has 0 spiro atoms. The zero-order valence-electron chi connectivity index (χ0n) is 19.6. The number of likely N-dealkylation sites (tertiary alicyclic amines) is 2. The van der Waals surface area contributed by atoms with Crippen LogP contribution in [0.25, 0.3) is 0 Å². The summed E-state index contributed by atoms with van der Waals surface area (Å²) in [6.07, 6.45) is 0.697. The summed E-state index contributed by atoms with van der Waals surface area (Å²) in [5.74, 6) is -1.15. The molecule has 35 heavy (non-hydrogen) atoms. The van der Waals surface area contributed by atoms with Crippen LogP contribution in [-0.2, 0) is 14.3 Å². The maximum atomic E-state index is 14.2. The van der Waals surface area contributed by atoms with Crippen LogP contribution >= 0.6 is 11.6 Å². The quantitative estimate of drug-likeness (QED) is 0.561. The third-order valence-electron chi connectivity index (χ3n) is 6.70. The summed E-state index contributed by atoms with van der Waals surface area (Å²) >= 11 is 6.09. The van der Waals surface area contributed by atoms with Gasteiger partial charge in [-0.25, -0.2) is 4.39 Å². The minimum absolute atomic E-state index is 0.0545. The van der Waals surface area contributed by atoms with Gasteiger partial charge in [0.05, 0.1) is 16.6 Å². The summed E-state index contributed by atoms with van der Waals surface area (Å²) in [5.41, 5.74) is 0.933. The second-order valence-electron chi connectivity index (χ2n) is 9.19. The van der Waals surface area contributed by atoms with E-state index in [-0.39, 0.29) is 35.0 Å². The number of nitrogens with one attached hydrogen (secondary N) is 1. The molecule has 0 bridgehead atoms. The van der Waals surface area contributed by atoms with Crippen LogP contribution in [0.4, 0.5) is 4.39 Å². The molecule has 1 N–H and O–H groups in total. The van der Waals surface area contributed by atoms with E-state index in [1.807, 2.05) is 30.3 Å². The van der Waals surface area contributed by atoms with Gasteiger partial charge in [-0.1, -0.05) is 48.0 Å². The number of carbonyl (C=O) groups is 3. The molecule has 2 unspecified atom stereocenters. The Labute approximate surface area is 209 Å². The second-order valence-corrected chi connectivity index (χ2v) is 9.59. The predicted octanol–water partition coefficient (Wildman–Crippen LogP) is 3.29. The molecule has 2 saturated heterocycles. The highest BCUT2D eigenvalue weighted by atomic mass is 35.5. The van der Waals surface area contributed by atoms with Crippen molar-refractivity contribution in [2.24, 2.45) is 11.8 Å². The van der Waals surface area contributed by atoms with Gasteiger partial charge in [0.1, 0.15) is 5.82 Å². The minimum atomic E-state index is -0.594. The third kappa shape index (κ3) is 6.18. The van der Waals surface area contributed by atoms with E-state index in [0.29, 0.717) is 31.3 Å². The summed E-state index contributed by atoms with van der Waals surface area (Å²) < 4.78 is 19.0. The first-order chi connectivity index (χ1) is 16.8. The van der Waals surface area contributed by atoms with Gasteiger partial charge in [-0.05, 0) is 36.0 Å². The average Bonchev–Trinajstić information content (AvgIpc) is 3.40. The van der Waals surface area contributed by atoms with Crippen molar-refractivity contribution >= 4 is 29.4 Å². The Morgan fingerprint density at radius 1 is 1.06 bits per heavy atom. The number of nitrogens with zero attached hydrogens (tertiary/aromatic N) is 2. The first-order valence-corrected chi connectivity index (χ1v) is 12.1. The van der Waals surface area contributed by atoms with E-state index in [2.05, 4.69) is 10.2 Å². The molecule has 2 amide bonds. The number of benzene rings is 2. The minimum Gasteiger partial charge on any atom is -0.456 e. The molecule has 2 aliphatic rings. The fraction of sp³-hybridized carbons (Fsp3) is 0.423. The molecule has 2 aromatic carbocycles. The molecule has 0 aromatic heterocycles. The number of esters is 1. The van der Waals surface area contributed by atoms with Crippen molar-refractivity contribution in [3.63, 3.8) is 0 Å². The fourth-order valence-electron chi connectivity index (χ4n) is 5.02. The molecule has 186 valence electrons. The summed E-state index contributed by atoms with van der Waals surface area (Å²) in [4.78, 5) is 40.2. The maximum absolute atomic E-state index is 14.2. The monoisotopic (exact) mass is 501 g/mol. The lowest BCUT2D eigenvalue weighted by molar-refractivity contribution is -0.146. The van der Waals surface area contributed by atoms with E-state index in [9.17, 15) is 18.8 Å². The highest BCUT2D eigenvalue weighted by Crippen LogP contribution is 2.33. The summed E-state index contributed by atoms with van der Waals surface area (Å²) in [5, 5.41) is 3.11. The molecule has 7 nitrogen and oxygen atoms in total. The van der Waals surface area contributed by atoms with E-state index in [4.69, 9.17) is 16.3 Å². The van der Waals surface area contributed by atoms with Crippen LogP contribution in [0.3, 0.4) is 0 Å². The number of halogens is 2. The van der Waals surface area contributed by atoms with Gasteiger partial charge in [0.2, 0.25) is 0 Å². The van der Waals surface area contributed by atoms with E-state index in [1.54, 1.807) is 4.90 Å². The molecular weight excluding hydrogens is 473 g/mol. The predicted molar refractivity (Wildman–Crippen MR) is 129 cm³/mol. The van der Waals surface area contributed by atoms with Gasteiger partial charge < -0.3 is 19.9 Å². The highest BCUT2D eigenvalue weighted by molar-refractivity contribution is 6.33. The number of fused-ring (bicyclic) bond motifs is 1. The maximum Gasteiger partial charge on any atom is 0.303 e. The molecular formula is C26H29ClFN3O4. The van der Waals surface area contributed by atoms with Crippen LogP contribution in [0.1, 0.15) is 35.3 Å². The lowest BCUT2D eigenvalue weighted by atomic mass is 10.0. The lowest BCUT2D eigenvalue weighted by Crippen LogP contribution is -2.36. The molecule has 3 atom stereocenters. The molecule has 2 heterocycles. The third-order valence-corrected chi connectivity index (χ3v) is 7.02. The van der Waals surface area contributed by atoms with Gasteiger partial charge in [0.25, 0.3) is 11.8 Å². The topological polar surface area (TPSA) is 79.0 Å². The zero-order valence-corrected chi connectivity index (χ0v) is 20.3. The van der Waals surface area contributed by atoms with Crippen LogP contribution in [0.2, 0.25) is 5.02 Å². The Kier molecular flexibility index (Phi) is 8.03. The normalized spacial score (nSPS) is 20.4. The standard InChI is InChI=1S/C26H29ClFN3O4/c1-17(32)35-16-24(33)29-23(18-6-3-2-4-7-18)10-11-30-12-19-14-31(15-20(19)13-30)26(34)25-21(27)8-5-9-22(25)28/h2-9,19-20,23H,10-16H2,1H3,(H,29,33)/t19?,20?,23-/m0/s1. The molecule has 0 radical (unpaired) electrons. The molecule has 0 aliphatic carbocycles. The van der Waals surface area contributed by atoms with Crippen molar-refractivity contribution in [2.75, 3.05) is 39.3 Å². The summed E-state index contributed by atoms with van der Waals surface area (Å²) in [6.45, 7) is 4.56. The van der Waals surface area contributed by atoms with Crippen LogP contribution in [0.5, 0.6) is 0 Å². The molecule has 4 rings (SSSR count). The van der Waals surface area contributed by atoms with Crippen molar-refractivity contribution in [3.8, 4) is 0 Å². The SMILES string of the molecule is CC(=O)OCC(=O)N[C@@H](CCN1CC2CN(C(=O)c3c(F)cccc3Cl)CC2C1)c1ccccc1. The van der Waals surface area contributed by atoms with Gasteiger partial charge in [-0.2, -0.15) is 0 Å². The van der Waals surface area contributed by atoms with E-state index < -0.39 is 11.8 Å². The number of amides is 2. The molecule has 9 heteroatoms. The Morgan fingerprint density at radius 2 is 1.74 bits per heavy atom. The number of carbonyl (C=O) groups excluding carboxylic acids is 3. The number of ether oxygens (including phenoxy) is 1. The van der Waals surface area contributed by atoms with E-state index >= 15 is 0 Å². The van der Waals surface area contributed by atoms with Gasteiger partial charge >= 0.3 is 5.97 Å². The van der Waals surface area contributed by atoms with Crippen molar-refractivity contribution in [2.45, 2.75) is 19.4 Å². The van der Waals surface area contributed by atoms with E-state index in [1.165, 1.54) is 25.1 Å². The van der Waals surface area contributed by atoms with Gasteiger partial charge in [0, 0.05) is 39.6 Å².